The van der Waals surface area contributed by atoms with Crippen LogP contribution in [0.1, 0.15) is 27.3 Å². The molecule has 8 heteroatoms. The number of halogens is 2. The molecule has 0 spiro atoms. The lowest BCUT2D eigenvalue weighted by Crippen LogP contribution is -2.49. The van der Waals surface area contributed by atoms with Crippen molar-refractivity contribution in [3.8, 4) is 5.75 Å². The van der Waals surface area contributed by atoms with Gasteiger partial charge in [-0.05, 0) is 49.7 Å². The Morgan fingerprint density at radius 2 is 1.70 bits per heavy atom. The van der Waals surface area contributed by atoms with Crippen molar-refractivity contribution in [3.63, 3.8) is 0 Å². The van der Waals surface area contributed by atoms with E-state index in [0.29, 0.717) is 41.8 Å². The summed E-state index contributed by atoms with van der Waals surface area (Å²) < 4.78 is 7.67. The van der Waals surface area contributed by atoms with Gasteiger partial charge in [-0.15, -0.1) is 0 Å². The number of amides is 1. The maximum absolute atomic E-state index is 13.3. The maximum atomic E-state index is 13.3. The molecule has 0 aliphatic carbocycles. The van der Waals surface area contributed by atoms with Crippen molar-refractivity contribution in [3.05, 3.63) is 81.1 Å². The Labute approximate surface area is 204 Å². The summed E-state index contributed by atoms with van der Waals surface area (Å²) in [5, 5.41) is 6.03. The van der Waals surface area contributed by atoms with Crippen molar-refractivity contribution >= 4 is 29.1 Å². The highest BCUT2D eigenvalue weighted by Crippen LogP contribution is 2.21. The van der Waals surface area contributed by atoms with Crippen LogP contribution in [0.15, 0.2) is 48.5 Å². The van der Waals surface area contributed by atoms with Gasteiger partial charge in [0.15, 0.2) is 0 Å². The van der Waals surface area contributed by atoms with Gasteiger partial charge in [0, 0.05) is 48.5 Å². The molecule has 1 aliphatic rings. The molecule has 2 heterocycles. The second kappa shape index (κ2) is 10.6. The molecular weight excluding hydrogens is 459 g/mol. The number of aryl methyl sites for hydroxylation is 1. The van der Waals surface area contributed by atoms with Crippen molar-refractivity contribution in [1.29, 1.82) is 0 Å². The van der Waals surface area contributed by atoms with Gasteiger partial charge >= 0.3 is 0 Å². The lowest BCUT2D eigenvalue weighted by atomic mass is 10.1. The number of piperazine rings is 1. The molecule has 1 fully saturated rings. The van der Waals surface area contributed by atoms with Crippen LogP contribution in [0.25, 0.3) is 0 Å². The number of carbonyl (C=O) groups excluding carboxylic acids is 1. The Balaban J connectivity index is 1.31. The molecule has 174 valence electrons. The Morgan fingerprint density at radius 3 is 2.39 bits per heavy atom. The topological polar surface area (TPSA) is 50.6 Å². The molecule has 33 heavy (non-hydrogen) atoms. The van der Waals surface area contributed by atoms with E-state index in [1.165, 1.54) is 0 Å². The van der Waals surface area contributed by atoms with Gasteiger partial charge in [-0.25, -0.2) is 0 Å². The fourth-order valence-electron chi connectivity index (χ4n) is 4.10. The van der Waals surface area contributed by atoms with Crippen LogP contribution >= 0.6 is 23.2 Å². The molecule has 1 saturated heterocycles. The molecule has 2 aromatic carbocycles. The monoisotopic (exact) mass is 486 g/mol. The summed E-state index contributed by atoms with van der Waals surface area (Å²) in [6.07, 6.45) is 0. The number of aromatic nitrogens is 2. The third kappa shape index (κ3) is 5.69. The van der Waals surface area contributed by atoms with Gasteiger partial charge in [0.25, 0.3) is 5.91 Å². The molecule has 3 aromatic rings. The van der Waals surface area contributed by atoms with Gasteiger partial charge in [-0.2, -0.15) is 5.10 Å². The van der Waals surface area contributed by atoms with Crippen LogP contribution in [0.3, 0.4) is 0 Å². The highest BCUT2D eigenvalue weighted by atomic mass is 35.5. The molecule has 1 amide bonds. The zero-order valence-electron chi connectivity index (χ0n) is 18.9. The predicted octanol–water partition coefficient (Wildman–Crippen LogP) is 4.69. The van der Waals surface area contributed by atoms with Crippen molar-refractivity contribution < 1.29 is 9.53 Å². The van der Waals surface area contributed by atoms with E-state index < -0.39 is 0 Å². The minimum atomic E-state index is 0.0486. The Kier molecular flexibility index (Phi) is 7.58. The van der Waals surface area contributed by atoms with E-state index in [1.54, 1.807) is 0 Å². The zero-order chi connectivity index (χ0) is 23.4. The average Bonchev–Trinajstić information content (AvgIpc) is 3.09. The van der Waals surface area contributed by atoms with E-state index in [9.17, 15) is 4.79 Å². The van der Waals surface area contributed by atoms with Gasteiger partial charge < -0.3 is 9.64 Å². The number of carbonyl (C=O) groups is 1. The SMILES string of the molecule is Cc1nn(Cc2ccccc2Cl)c(C)c1C(=O)N1CCN(CCOc2ccc(Cl)cc2)CC1. The van der Waals surface area contributed by atoms with Crippen molar-refractivity contribution in [1.82, 2.24) is 19.6 Å². The summed E-state index contributed by atoms with van der Waals surface area (Å²) in [5.74, 6) is 0.862. The number of rotatable bonds is 7. The minimum Gasteiger partial charge on any atom is -0.492 e. The zero-order valence-corrected chi connectivity index (χ0v) is 20.4. The summed E-state index contributed by atoms with van der Waals surface area (Å²) >= 11 is 12.2. The van der Waals surface area contributed by atoms with Crippen molar-refractivity contribution in [2.24, 2.45) is 0 Å². The summed E-state index contributed by atoms with van der Waals surface area (Å²) in [5.41, 5.74) is 3.30. The first-order valence-electron chi connectivity index (χ1n) is 11.1. The fourth-order valence-corrected chi connectivity index (χ4v) is 4.43. The average molecular weight is 487 g/mol. The molecule has 0 atom stereocenters. The van der Waals surface area contributed by atoms with Gasteiger partial charge in [0.05, 0.1) is 17.8 Å². The predicted molar refractivity (Wildman–Crippen MR) is 132 cm³/mol. The van der Waals surface area contributed by atoms with Gasteiger partial charge in [0.1, 0.15) is 12.4 Å². The quantitative estimate of drug-likeness (QED) is 0.485. The number of hydrogen-bond acceptors (Lipinski definition) is 4. The highest BCUT2D eigenvalue weighted by Gasteiger charge is 2.27. The molecular formula is C25H28Cl2N4O2. The molecule has 0 radical (unpaired) electrons. The Bertz CT molecular complexity index is 1110. The number of hydrogen-bond donors (Lipinski definition) is 0. The second-order valence-corrected chi connectivity index (χ2v) is 9.07. The van der Waals surface area contributed by atoms with Crippen LogP contribution in [0.2, 0.25) is 10.0 Å². The maximum Gasteiger partial charge on any atom is 0.257 e. The Morgan fingerprint density at radius 1 is 1.00 bits per heavy atom. The molecule has 4 rings (SSSR count). The fraction of sp³-hybridized carbons (Fsp3) is 0.360. The van der Waals surface area contributed by atoms with Crippen LogP contribution < -0.4 is 4.74 Å². The lowest BCUT2D eigenvalue weighted by molar-refractivity contribution is 0.0619. The van der Waals surface area contributed by atoms with E-state index >= 15 is 0 Å². The standard InChI is InChI=1S/C25H28Cl2N4O2/c1-18-24(19(2)31(28-18)17-20-5-3-4-6-23(20)27)25(32)30-13-11-29(12-14-30)15-16-33-22-9-7-21(26)8-10-22/h3-10H,11-17H2,1-2H3. The van der Waals surface area contributed by atoms with E-state index in [2.05, 4.69) is 10.00 Å². The third-order valence-electron chi connectivity index (χ3n) is 6.02. The van der Waals surface area contributed by atoms with Crippen LogP contribution in [-0.4, -0.2) is 64.8 Å². The first-order chi connectivity index (χ1) is 15.9. The van der Waals surface area contributed by atoms with Gasteiger partial charge in [0.2, 0.25) is 0 Å². The van der Waals surface area contributed by atoms with Gasteiger partial charge in [-0.3, -0.25) is 14.4 Å². The summed E-state index contributed by atoms with van der Waals surface area (Å²) in [6.45, 7) is 8.83. The largest absolute Gasteiger partial charge is 0.492 e. The third-order valence-corrected chi connectivity index (χ3v) is 6.64. The number of ether oxygens (including phenoxy) is 1. The number of benzene rings is 2. The van der Waals surface area contributed by atoms with Gasteiger partial charge in [-0.1, -0.05) is 41.4 Å². The molecule has 0 unspecified atom stereocenters. The smallest absolute Gasteiger partial charge is 0.257 e. The van der Waals surface area contributed by atoms with Crippen molar-refractivity contribution in [2.75, 3.05) is 39.3 Å². The van der Waals surface area contributed by atoms with Crippen LogP contribution in [0.4, 0.5) is 0 Å². The summed E-state index contributed by atoms with van der Waals surface area (Å²) in [4.78, 5) is 17.5. The van der Waals surface area contributed by atoms with Crippen molar-refractivity contribution in [2.45, 2.75) is 20.4 Å². The number of nitrogens with zero attached hydrogens (tertiary/aromatic N) is 4. The second-order valence-electron chi connectivity index (χ2n) is 8.23. The molecule has 1 aliphatic heterocycles. The summed E-state index contributed by atoms with van der Waals surface area (Å²) in [6, 6.07) is 15.1. The first-order valence-corrected chi connectivity index (χ1v) is 11.9. The Hall–Kier alpha value is -2.54. The lowest BCUT2D eigenvalue weighted by Gasteiger charge is -2.34. The normalized spacial score (nSPS) is 14.5. The molecule has 0 bridgehead atoms. The van der Waals surface area contributed by atoms with Crippen LogP contribution in [0, 0.1) is 13.8 Å². The van der Waals surface area contributed by atoms with E-state index in [4.69, 9.17) is 27.9 Å². The highest BCUT2D eigenvalue weighted by molar-refractivity contribution is 6.31. The summed E-state index contributed by atoms with van der Waals surface area (Å²) in [7, 11) is 0. The van der Waals surface area contributed by atoms with E-state index in [1.807, 2.05) is 72.0 Å². The van der Waals surface area contributed by atoms with Crippen LogP contribution in [0.5, 0.6) is 5.75 Å². The first kappa shape index (κ1) is 23.6. The van der Waals surface area contributed by atoms with Crippen LogP contribution in [-0.2, 0) is 6.54 Å². The van der Waals surface area contributed by atoms with E-state index in [-0.39, 0.29) is 5.91 Å². The molecule has 0 N–H and O–H groups in total. The molecule has 1 aromatic heterocycles. The molecule has 0 saturated carbocycles. The minimum absolute atomic E-state index is 0.0486. The molecule has 6 nitrogen and oxygen atoms in total. The van der Waals surface area contributed by atoms with E-state index in [0.717, 1.165) is 42.3 Å².